The van der Waals surface area contributed by atoms with Gasteiger partial charge in [0.15, 0.2) is 0 Å². The normalized spacial score (nSPS) is 13.2. The van der Waals surface area contributed by atoms with Crippen LogP contribution in [-0.2, 0) is 28.1 Å². The fraction of sp³-hybridized carbons (Fsp3) is 0.412. The molecule has 1 unspecified atom stereocenters. The van der Waals surface area contributed by atoms with Crippen molar-refractivity contribution in [3.05, 3.63) is 45.9 Å². The molecule has 1 aromatic heterocycles. The molecule has 10 heteroatoms. The van der Waals surface area contributed by atoms with Crippen LogP contribution in [0.2, 0.25) is 0 Å². The van der Waals surface area contributed by atoms with Gasteiger partial charge < -0.3 is 14.6 Å². The SMILES string of the molecule is CC(C)(C)C(=O)NC(Cc1ccc(OS(N)(=O)=O)cc1)c1nc(CO)cs1. The number of nitrogens with zero attached hydrogens (tertiary/aromatic N) is 1. The van der Waals surface area contributed by atoms with Gasteiger partial charge in [-0.3, -0.25) is 4.79 Å². The summed E-state index contributed by atoms with van der Waals surface area (Å²) in [6.07, 6.45) is 0.440. The molecule has 2 aromatic rings. The Morgan fingerprint density at radius 1 is 1.33 bits per heavy atom. The Bertz CT molecular complexity index is 886. The Morgan fingerprint density at radius 3 is 2.44 bits per heavy atom. The lowest BCUT2D eigenvalue weighted by Crippen LogP contribution is -2.38. The van der Waals surface area contributed by atoms with Crippen LogP contribution < -0.4 is 14.6 Å². The van der Waals surface area contributed by atoms with Gasteiger partial charge in [-0.25, -0.2) is 4.98 Å². The maximum absolute atomic E-state index is 12.4. The molecule has 1 aromatic carbocycles. The number of aliphatic hydroxyl groups is 1. The van der Waals surface area contributed by atoms with Gasteiger partial charge in [-0.05, 0) is 24.1 Å². The molecule has 4 N–H and O–H groups in total. The van der Waals surface area contributed by atoms with E-state index in [4.69, 9.17) is 5.14 Å². The minimum atomic E-state index is -4.08. The van der Waals surface area contributed by atoms with Gasteiger partial charge in [-0.2, -0.15) is 13.6 Å². The monoisotopic (exact) mass is 413 g/mol. The van der Waals surface area contributed by atoms with Crippen LogP contribution in [0, 0.1) is 5.41 Å². The second kappa shape index (κ2) is 8.34. The summed E-state index contributed by atoms with van der Waals surface area (Å²) in [5, 5.41) is 19.5. The first-order valence-electron chi connectivity index (χ1n) is 8.15. The Labute approximate surface area is 162 Å². The molecule has 0 aliphatic carbocycles. The molecule has 148 valence electrons. The fourth-order valence-corrected chi connectivity index (χ4v) is 3.42. The largest absolute Gasteiger partial charge is 0.390 e. The number of nitrogens with two attached hydrogens (primary N) is 1. The van der Waals surface area contributed by atoms with Crippen LogP contribution in [0.4, 0.5) is 0 Å². The zero-order chi connectivity index (χ0) is 20.2. The van der Waals surface area contributed by atoms with Crippen LogP contribution >= 0.6 is 11.3 Å². The molecule has 2 rings (SSSR count). The number of hydrogen-bond donors (Lipinski definition) is 3. The van der Waals surface area contributed by atoms with Crippen molar-refractivity contribution in [1.82, 2.24) is 10.3 Å². The molecular weight excluding hydrogens is 390 g/mol. The number of amides is 1. The summed E-state index contributed by atoms with van der Waals surface area (Å²) in [6, 6.07) is 5.98. The summed E-state index contributed by atoms with van der Waals surface area (Å²) in [5.74, 6) is -0.0178. The maximum Gasteiger partial charge on any atom is 0.380 e. The van der Waals surface area contributed by atoms with Crippen molar-refractivity contribution >= 4 is 27.5 Å². The molecule has 1 heterocycles. The highest BCUT2D eigenvalue weighted by Crippen LogP contribution is 2.25. The molecule has 0 bridgehead atoms. The summed E-state index contributed by atoms with van der Waals surface area (Å²) in [4.78, 5) is 16.8. The third-order valence-electron chi connectivity index (χ3n) is 3.59. The van der Waals surface area contributed by atoms with E-state index in [2.05, 4.69) is 14.5 Å². The van der Waals surface area contributed by atoms with E-state index in [1.54, 1.807) is 17.5 Å². The van der Waals surface area contributed by atoms with Gasteiger partial charge in [0.1, 0.15) is 10.8 Å². The predicted molar refractivity (Wildman–Crippen MR) is 102 cm³/mol. The molecular formula is C17H23N3O5S2. The van der Waals surface area contributed by atoms with Crippen molar-refractivity contribution in [3.8, 4) is 5.75 Å². The van der Waals surface area contributed by atoms with Gasteiger partial charge in [-0.15, -0.1) is 11.3 Å². The summed E-state index contributed by atoms with van der Waals surface area (Å²) in [7, 11) is -4.08. The topological polar surface area (TPSA) is 132 Å². The highest BCUT2D eigenvalue weighted by atomic mass is 32.2. The molecule has 0 radical (unpaired) electrons. The van der Waals surface area contributed by atoms with Crippen LogP contribution in [-0.4, -0.2) is 24.4 Å². The van der Waals surface area contributed by atoms with E-state index in [1.165, 1.54) is 23.5 Å². The lowest BCUT2D eigenvalue weighted by atomic mass is 9.94. The van der Waals surface area contributed by atoms with Crippen LogP contribution in [0.25, 0.3) is 0 Å². The minimum absolute atomic E-state index is 0.105. The lowest BCUT2D eigenvalue weighted by molar-refractivity contribution is -0.129. The van der Waals surface area contributed by atoms with Gasteiger partial charge in [0.05, 0.1) is 18.3 Å². The summed E-state index contributed by atoms with van der Waals surface area (Å²) >= 11 is 1.36. The first-order valence-corrected chi connectivity index (χ1v) is 10.5. The minimum Gasteiger partial charge on any atom is -0.390 e. The highest BCUT2D eigenvalue weighted by Gasteiger charge is 2.26. The highest BCUT2D eigenvalue weighted by molar-refractivity contribution is 7.84. The van der Waals surface area contributed by atoms with E-state index in [9.17, 15) is 18.3 Å². The maximum atomic E-state index is 12.4. The Balaban J connectivity index is 2.21. The molecule has 0 aliphatic rings. The summed E-state index contributed by atoms with van der Waals surface area (Å²) < 4.78 is 26.6. The zero-order valence-electron chi connectivity index (χ0n) is 15.3. The number of carbonyl (C=O) groups excluding carboxylic acids is 1. The molecule has 0 spiro atoms. The average molecular weight is 414 g/mol. The van der Waals surface area contributed by atoms with E-state index >= 15 is 0 Å². The second-order valence-corrected chi connectivity index (χ2v) is 9.08. The smallest absolute Gasteiger partial charge is 0.380 e. The number of aromatic nitrogens is 1. The second-order valence-electron chi connectivity index (χ2n) is 7.04. The van der Waals surface area contributed by atoms with Crippen LogP contribution in [0.3, 0.4) is 0 Å². The number of carbonyl (C=O) groups is 1. The Morgan fingerprint density at radius 2 is 1.96 bits per heavy atom. The third-order valence-corrected chi connectivity index (χ3v) is 5.02. The van der Waals surface area contributed by atoms with Crippen LogP contribution in [0.1, 0.15) is 43.1 Å². The van der Waals surface area contributed by atoms with Crippen molar-refractivity contribution in [2.24, 2.45) is 10.6 Å². The van der Waals surface area contributed by atoms with E-state index < -0.39 is 15.7 Å². The Kier molecular flexibility index (Phi) is 6.58. The van der Waals surface area contributed by atoms with Gasteiger partial charge in [0.2, 0.25) is 5.91 Å². The number of thiazole rings is 1. The number of benzene rings is 1. The number of nitrogens with one attached hydrogen (secondary N) is 1. The van der Waals surface area contributed by atoms with Crippen LogP contribution in [0.15, 0.2) is 29.6 Å². The molecule has 27 heavy (non-hydrogen) atoms. The summed E-state index contributed by atoms with van der Waals surface area (Å²) in [5.41, 5.74) is 0.821. The van der Waals surface area contributed by atoms with Gasteiger partial charge in [-0.1, -0.05) is 32.9 Å². The average Bonchev–Trinajstić information content (AvgIpc) is 3.02. The van der Waals surface area contributed by atoms with E-state index in [-0.39, 0.29) is 24.3 Å². The standard InChI is InChI=1S/C17H23N3O5S2/c1-17(2,3)16(22)20-14(15-19-12(9-21)10-26-15)8-11-4-6-13(7-5-11)25-27(18,23)24/h4-7,10,14,21H,8-9H2,1-3H3,(H,20,22)(H2,18,23,24). The zero-order valence-corrected chi connectivity index (χ0v) is 16.9. The van der Waals surface area contributed by atoms with Crippen LogP contribution in [0.5, 0.6) is 5.75 Å². The van der Waals surface area contributed by atoms with Crippen molar-refractivity contribution < 1.29 is 22.5 Å². The lowest BCUT2D eigenvalue weighted by Gasteiger charge is -2.23. The molecule has 0 aliphatic heterocycles. The van der Waals surface area contributed by atoms with Crippen molar-refractivity contribution in [2.45, 2.75) is 39.8 Å². The van der Waals surface area contributed by atoms with E-state index in [1.807, 2.05) is 20.8 Å². The third kappa shape index (κ3) is 6.58. The first-order chi connectivity index (χ1) is 12.5. The van der Waals surface area contributed by atoms with Crippen molar-refractivity contribution in [3.63, 3.8) is 0 Å². The quantitative estimate of drug-likeness (QED) is 0.633. The van der Waals surface area contributed by atoms with Crippen molar-refractivity contribution in [1.29, 1.82) is 0 Å². The fourth-order valence-electron chi connectivity index (χ4n) is 2.18. The number of rotatable bonds is 7. The molecule has 0 saturated carbocycles. The van der Waals surface area contributed by atoms with Gasteiger partial charge >= 0.3 is 10.3 Å². The Hall–Kier alpha value is -2.01. The van der Waals surface area contributed by atoms with E-state index in [0.29, 0.717) is 17.1 Å². The van der Waals surface area contributed by atoms with Crippen molar-refractivity contribution in [2.75, 3.05) is 0 Å². The number of aliphatic hydroxyl groups excluding tert-OH is 1. The first kappa shape index (κ1) is 21.3. The molecule has 1 atom stereocenters. The van der Waals surface area contributed by atoms with Gasteiger partial charge in [0, 0.05) is 10.8 Å². The molecule has 0 fully saturated rings. The molecule has 8 nitrogen and oxygen atoms in total. The van der Waals surface area contributed by atoms with Gasteiger partial charge in [0.25, 0.3) is 0 Å². The predicted octanol–water partition coefficient (Wildman–Crippen LogP) is 1.66. The molecule has 1 amide bonds. The van der Waals surface area contributed by atoms with E-state index in [0.717, 1.165) is 5.56 Å². The molecule has 0 saturated heterocycles. The number of hydrogen-bond acceptors (Lipinski definition) is 7. The summed E-state index contributed by atoms with van der Waals surface area (Å²) in [6.45, 7) is 5.29.